The quantitative estimate of drug-likeness (QED) is 0.0752. The molecule has 76 heavy (non-hydrogen) atoms. The molecule has 7 aromatic carbocycles. The number of urea groups is 1. The Balaban J connectivity index is 1.16. The highest BCUT2D eigenvalue weighted by molar-refractivity contribution is 7.22. The van der Waals surface area contributed by atoms with Gasteiger partial charge in [-0.05, 0) is 89.8 Å². The summed E-state index contributed by atoms with van der Waals surface area (Å²) >= 11 is 1.27. The number of aliphatic hydroxyl groups is 1. The first kappa shape index (κ1) is 49.7. The van der Waals surface area contributed by atoms with Crippen LogP contribution >= 0.6 is 11.3 Å². The summed E-state index contributed by atoms with van der Waals surface area (Å²) in [6, 6.07) is 53.9. The van der Waals surface area contributed by atoms with Gasteiger partial charge in [0.2, 0.25) is 11.8 Å². The Bertz CT molecular complexity index is 3460. The van der Waals surface area contributed by atoms with Gasteiger partial charge in [-0.2, -0.15) is 0 Å². The minimum absolute atomic E-state index is 0.0221. The number of hydrogen-bond donors (Lipinski definition) is 3. The van der Waals surface area contributed by atoms with E-state index in [-0.39, 0.29) is 24.0 Å². The van der Waals surface area contributed by atoms with Crippen LogP contribution in [0, 0.1) is 17.8 Å². The zero-order valence-corrected chi connectivity index (χ0v) is 42.6. The van der Waals surface area contributed by atoms with E-state index >= 15 is 19.2 Å². The van der Waals surface area contributed by atoms with Crippen molar-refractivity contribution in [1.82, 2.24) is 20.1 Å². The van der Waals surface area contributed by atoms with Crippen LogP contribution in [-0.2, 0) is 31.1 Å². The maximum Gasteiger partial charge on any atom is 0.329 e. The van der Waals surface area contributed by atoms with Crippen molar-refractivity contribution in [2.75, 3.05) is 37.0 Å². The van der Waals surface area contributed by atoms with Crippen LogP contribution in [-0.4, -0.2) is 76.6 Å². The predicted molar refractivity (Wildman–Crippen MR) is 292 cm³/mol. The number of rotatable bonds is 13. The molecule has 1 spiro atoms. The van der Waals surface area contributed by atoms with Crippen molar-refractivity contribution in [1.29, 1.82) is 0 Å². The van der Waals surface area contributed by atoms with Gasteiger partial charge in [0, 0.05) is 12.1 Å². The highest BCUT2D eigenvalue weighted by Gasteiger charge is 2.75. The van der Waals surface area contributed by atoms with E-state index in [1.54, 1.807) is 36.4 Å². The Kier molecular flexibility index (Phi) is 14.0. The molecule has 3 aliphatic heterocycles. The number of hydrogen-bond acceptors (Lipinski definition) is 11. The number of morpholine rings is 1. The summed E-state index contributed by atoms with van der Waals surface area (Å²) < 4.78 is 13.6. The summed E-state index contributed by atoms with van der Waals surface area (Å²) in [7, 11) is 1.99. The molecule has 2 fully saturated rings. The molecule has 3 aliphatic rings. The molecule has 0 aliphatic carbocycles. The van der Waals surface area contributed by atoms with Gasteiger partial charge in [-0.15, -0.1) is 0 Å². The average molecular weight is 1030 g/mol. The van der Waals surface area contributed by atoms with Gasteiger partial charge in [0.05, 0.1) is 53.1 Å². The summed E-state index contributed by atoms with van der Waals surface area (Å²) in [5.74, 6) is 3.36. The number of benzene rings is 7. The molecule has 7 unspecified atom stereocenters. The van der Waals surface area contributed by atoms with E-state index in [0.29, 0.717) is 46.6 Å². The molecule has 4 heterocycles. The lowest BCUT2D eigenvalue weighted by Gasteiger charge is -2.46. The number of ether oxygens (including phenoxy) is 2. The highest BCUT2D eigenvalue weighted by atomic mass is 32.1. The first-order chi connectivity index (χ1) is 37.1. The van der Waals surface area contributed by atoms with Gasteiger partial charge in [0.1, 0.15) is 29.9 Å². The molecule has 8 aromatic rings. The van der Waals surface area contributed by atoms with Crippen LogP contribution < -0.4 is 20.3 Å². The topological polar surface area (TPSA) is 154 Å². The molecule has 1 aromatic heterocycles. The number of aliphatic hydroxyl groups excluding tert-OH is 1. The van der Waals surface area contributed by atoms with Gasteiger partial charge in [-0.1, -0.05) is 169 Å². The van der Waals surface area contributed by atoms with Crippen LogP contribution in [0.15, 0.2) is 188 Å². The lowest BCUT2D eigenvalue weighted by atomic mass is 9.65. The number of amides is 4. The van der Waals surface area contributed by atoms with Crippen molar-refractivity contribution in [2.45, 2.75) is 49.2 Å². The summed E-state index contributed by atoms with van der Waals surface area (Å²) in [6.07, 6.45) is -0.932. The number of nitrogens with one attached hydrogen (secondary N) is 2. The maximum absolute atomic E-state index is 16.9. The van der Waals surface area contributed by atoms with E-state index in [1.807, 2.05) is 158 Å². The number of imide groups is 1. The molecule has 0 bridgehead atoms. The van der Waals surface area contributed by atoms with Gasteiger partial charge in [-0.3, -0.25) is 24.2 Å². The lowest BCUT2D eigenvalue weighted by molar-refractivity contribution is -0.177. The number of esters is 1. The number of para-hydroxylation sites is 1. The fraction of sp³-hybridized carbons (Fsp3) is 0.210. The number of carbonyl (C=O) groups excluding carboxylic acids is 4. The molecule has 2 saturated heterocycles. The highest BCUT2D eigenvalue weighted by Crippen LogP contribution is 2.66. The fourth-order valence-electron chi connectivity index (χ4n) is 11.3. The third-order valence-corrected chi connectivity index (χ3v) is 15.5. The summed E-state index contributed by atoms with van der Waals surface area (Å²) in [6.45, 7) is 2.62. The minimum atomic E-state index is -2.07. The standard InChI is InChI=1S/C62H54N6O7S/c1-40(43-22-9-4-10-23-43)63-61(73)67-50-33-32-41(21-18-34-66(2)39-42-19-7-3-8-20-42)37-48(50)62(59(67)72)52(57(70)65-60-64-49-30-15-16-31-51(49)76-60)54-58(71)75-55(45-26-13-6-14-27-45)53(44-24-11-5-12-25-44)68(54)56(62)46-28-17-29-47(38-46)74-36-35-69/h3-17,19-20,22-33,37-38,40,52-56,69H,34-36,39H2,1-2H3,(H,63,73)(H,64,65,70). The first-order valence-electron chi connectivity index (χ1n) is 25.3. The predicted octanol–water partition coefficient (Wildman–Crippen LogP) is 9.93. The summed E-state index contributed by atoms with van der Waals surface area (Å²) in [5, 5.41) is 16.4. The third-order valence-electron chi connectivity index (χ3n) is 14.5. The monoisotopic (exact) mass is 1030 g/mol. The van der Waals surface area contributed by atoms with Crippen LogP contribution in [0.4, 0.5) is 15.6 Å². The van der Waals surface area contributed by atoms with Crippen LogP contribution in [0.1, 0.15) is 70.1 Å². The van der Waals surface area contributed by atoms with E-state index in [2.05, 4.69) is 39.5 Å². The van der Waals surface area contributed by atoms with Gasteiger partial charge < -0.3 is 25.2 Å². The zero-order chi connectivity index (χ0) is 52.3. The second-order valence-corrected chi connectivity index (χ2v) is 20.3. The van der Waals surface area contributed by atoms with Crippen molar-refractivity contribution < 1.29 is 33.8 Å². The Morgan fingerprint density at radius 2 is 1.47 bits per heavy atom. The summed E-state index contributed by atoms with van der Waals surface area (Å²) in [4.78, 5) is 74.1. The molecule has 11 rings (SSSR count). The lowest BCUT2D eigenvalue weighted by Crippen LogP contribution is -2.55. The molecular formula is C62H54N6O7S. The van der Waals surface area contributed by atoms with Crippen LogP contribution in [0.3, 0.4) is 0 Å². The van der Waals surface area contributed by atoms with Crippen molar-refractivity contribution in [3.63, 3.8) is 0 Å². The Morgan fingerprint density at radius 3 is 2.20 bits per heavy atom. The van der Waals surface area contributed by atoms with Crippen molar-refractivity contribution >= 4 is 56.2 Å². The van der Waals surface area contributed by atoms with E-state index in [0.717, 1.165) is 26.3 Å². The first-order valence-corrected chi connectivity index (χ1v) is 26.1. The van der Waals surface area contributed by atoms with Crippen molar-refractivity contribution in [3.05, 3.63) is 227 Å². The molecule has 4 amide bonds. The van der Waals surface area contributed by atoms with Gasteiger partial charge in [0.15, 0.2) is 5.13 Å². The maximum atomic E-state index is 16.9. The second kappa shape index (κ2) is 21.4. The Morgan fingerprint density at radius 1 is 0.803 bits per heavy atom. The molecule has 14 heteroatoms. The fourth-order valence-corrected chi connectivity index (χ4v) is 12.2. The number of cyclic esters (lactones) is 1. The van der Waals surface area contributed by atoms with Crippen LogP contribution in [0.2, 0.25) is 0 Å². The minimum Gasteiger partial charge on any atom is -0.491 e. The van der Waals surface area contributed by atoms with E-state index < -0.39 is 65.4 Å². The Labute approximate surface area is 444 Å². The molecular weight excluding hydrogens is 973 g/mol. The Hall–Kier alpha value is -8.45. The van der Waals surface area contributed by atoms with E-state index in [4.69, 9.17) is 14.5 Å². The number of nitrogens with zero attached hydrogens (tertiary/aromatic N) is 4. The number of fused-ring (bicyclic) bond motifs is 4. The molecule has 0 radical (unpaired) electrons. The molecule has 13 nitrogen and oxygen atoms in total. The second-order valence-electron chi connectivity index (χ2n) is 19.3. The van der Waals surface area contributed by atoms with Crippen LogP contribution in [0.25, 0.3) is 10.2 Å². The molecule has 3 N–H and O–H groups in total. The van der Waals surface area contributed by atoms with Crippen LogP contribution in [0.5, 0.6) is 5.75 Å². The molecule has 0 saturated carbocycles. The molecule has 7 atom stereocenters. The SMILES string of the molecule is CC(NC(=O)N1C(=O)C2(c3cc(C#CCN(C)Cc4ccccc4)ccc31)C(C(=O)Nc1nc3ccccc3s1)C1C(=O)OC(c3ccccc3)C(c3ccccc3)N1C2c1cccc(OCCO)c1)c1ccccc1. The number of aromatic nitrogens is 1. The number of carbonyl (C=O) groups is 4. The smallest absolute Gasteiger partial charge is 0.329 e. The average Bonchev–Trinajstić information content (AvgIpc) is 4.28. The zero-order valence-electron chi connectivity index (χ0n) is 41.8. The van der Waals surface area contributed by atoms with Gasteiger partial charge in [-0.25, -0.2) is 14.7 Å². The van der Waals surface area contributed by atoms with E-state index in [9.17, 15) is 5.11 Å². The van der Waals surface area contributed by atoms with Gasteiger partial charge >= 0.3 is 12.0 Å². The summed E-state index contributed by atoms with van der Waals surface area (Å²) in [5.41, 5.74) is 3.58. The number of thiazole rings is 1. The number of anilines is 2. The van der Waals surface area contributed by atoms with Gasteiger partial charge in [0.25, 0.3) is 0 Å². The molecule has 380 valence electrons. The van der Waals surface area contributed by atoms with Crippen molar-refractivity contribution in [2.24, 2.45) is 5.92 Å². The van der Waals surface area contributed by atoms with Crippen molar-refractivity contribution in [3.8, 4) is 17.6 Å². The third kappa shape index (κ3) is 9.28. The largest absolute Gasteiger partial charge is 0.491 e. The van der Waals surface area contributed by atoms with E-state index in [1.165, 1.54) is 11.3 Å². The normalized spacial score (nSPS) is 21.1.